The van der Waals surface area contributed by atoms with Crippen LogP contribution in [0.5, 0.6) is 0 Å². The van der Waals surface area contributed by atoms with E-state index >= 15 is 0 Å². The third-order valence-corrected chi connectivity index (χ3v) is 4.44. The second-order valence-corrected chi connectivity index (χ2v) is 6.27. The molecule has 0 bridgehead atoms. The van der Waals surface area contributed by atoms with Crippen molar-refractivity contribution in [3.05, 3.63) is 71.3 Å². The maximum atomic E-state index is 4.65. The minimum absolute atomic E-state index is 0.147. The fourth-order valence-electron chi connectivity index (χ4n) is 2.84. The second-order valence-electron chi connectivity index (χ2n) is 6.27. The van der Waals surface area contributed by atoms with E-state index in [9.17, 15) is 0 Å². The van der Waals surface area contributed by atoms with E-state index in [2.05, 4.69) is 92.4 Å². The molecule has 0 amide bonds. The molecule has 0 radical (unpaired) electrons. The standard InChI is InChI=1S/C20H26N2/c1-16-11-13-18(14-12-16)19(21-3)20(2,22(4)5)15-17-9-7-6-8-10-17/h6-14H,15H2,1-5H3. The molecule has 2 rings (SSSR count). The summed E-state index contributed by atoms with van der Waals surface area (Å²) < 4.78 is 0. The van der Waals surface area contributed by atoms with Crippen molar-refractivity contribution in [1.29, 1.82) is 0 Å². The van der Waals surface area contributed by atoms with Crippen molar-refractivity contribution in [2.24, 2.45) is 4.99 Å². The summed E-state index contributed by atoms with van der Waals surface area (Å²) in [5.41, 5.74) is 4.77. The average Bonchev–Trinajstić information content (AvgIpc) is 2.50. The Bertz CT molecular complexity index is 627. The second kappa shape index (κ2) is 6.89. The summed E-state index contributed by atoms with van der Waals surface area (Å²) in [5.74, 6) is 0. The van der Waals surface area contributed by atoms with Gasteiger partial charge in [-0.05, 0) is 45.5 Å². The summed E-state index contributed by atoms with van der Waals surface area (Å²) in [6.45, 7) is 4.38. The van der Waals surface area contributed by atoms with Gasteiger partial charge in [-0.3, -0.25) is 9.89 Å². The van der Waals surface area contributed by atoms with Crippen molar-refractivity contribution in [3.63, 3.8) is 0 Å². The molecule has 116 valence electrons. The van der Waals surface area contributed by atoms with Gasteiger partial charge >= 0.3 is 0 Å². The normalized spacial score (nSPS) is 14.9. The lowest BCUT2D eigenvalue weighted by Crippen LogP contribution is -2.50. The molecular formula is C20H26N2. The molecule has 1 unspecified atom stereocenters. The Morgan fingerprint density at radius 1 is 1.00 bits per heavy atom. The Balaban J connectivity index is 2.42. The monoisotopic (exact) mass is 294 g/mol. The number of hydrogen-bond acceptors (Lipinski definition) is 2. The van der Waals surface area contributed by atoms with E-state index in [0.717, 1.165) is 12.1 Å². The van der Waals surface area contributed by atoms with Crippen molar-refractivity contribution < 1.29 is 0 Å². The van der Waals surface area contributed by atoms with Gasteiger partial charge in [0.2, 0.25) is 0 Å². The summed E-state index contributed by atoms with van der Waals surface area (Å²) in [5, 5.41) is 0. The van der Waals surface area contributed by atoms with Gasteiger partial charge in [0.25, 0.3) is 0 Å². The van der Waals surface area contributed by atoms with Crippen molar-refractivity contribution in [3.8, 4) is 0 Å². The Kier molecular flexibility index (Phi) is 5.15. The topological polar surface area (TPSA) is 15.6 Å². The molecule has 2 aromatic rings. The lowest BCUT2D eigenvalue weighted by Gasteiger charge is -2.38. The number of aliphatic imine (C=N–C) groups is 1. The summed E-state index contributed by atoms with van der Waals surface area (Å²) in [6.07, 6.45) is 0.932. The number of benzene rings is 2. The van der Waals surface area contributed by atoms with E-state index in [1.807, 2.05) is 7.05 Å². The van der Waals surface area contributed by atoms with Gasteiger partial charge in [0.1, 0.15) is 0 Å². The first-order valence-corrected chi connectivity index (χ1v) is 7.73. The predicted molar refractivity (Wildman–Crippen MR) is 95.9 cm³/mol. The first kappa shape index (κ1) is 16.4. The first-order chi connectivity index (χ1) is 10.5. The molecule has 0 saturated heterocycles. The Labute approximate surface area is 134 Å². The average molecular weight is 294 g/mol. The van der Waals surface area contributed by atoms with Crippen LogP contribution in [-0.2, 0) is 6.42 Å². The largest absolute Gasteiger partial charge is 0.298 e. The molecular weight excluding hydrogens is 268 g/mol. The van der Waals surface area contributed by atoms with Gasteiger partial charge in [-0.15, -0.1) is 0 Å². The van der Waals surface area contributed by atoms with E-state index in [4.69, 9.17) is 0 Å². The van der Waals surface area contributed by atoms with Crippen LogP contribution in [0.3, 0.4) is 0 Å². The molecule has 0 saturated carbocycles. The Hall–Kier alpha value is -1.93. The van der Waals surface area contributed by atoms with Crippen LogP contribution in [0.1, 0.15) is 23.6 Å². The maximum Gasteiger partial charge on any atom is 0.0642 e. The molecule has 0 spiro atoms. The van der Waals surface area contributed by atoms with Gasteiger partial charge in [0.05, 0.1) is 11.3 Å². The zero-order chi connectivity index (χ0) is 16.2. The van der Waals surface area contributed by atoms with Crippen molar-refractivity contribution >= 4 is 5.71 Å². The van der Waals surface area contributed by atoms with Gasteiger partial charge in [0, 0.05) is 7.05 Å². The van der Waals surface area contributed by atoms with Crippen molar-refractivity contribution in [2.75, 3.05) is 21.1 Å². The van der Waals surface area contributed by atoms with Gasteiger partial charge in [0.15, 0.2) is 0 Å². The third kappa shape index (κ3) is 3.45. The molecule has 1 atom stereocenters. The van der Waals surface area contributed by atoms with E-state index in [0.29, 0.717) is 0 Å². The molecule has 0 fully saturated rings. The van der Waals surface area contributed by atoms with Crippen LogP contribution in [0.15, 0.2) is 59.6 Å². The lowest BCUT2D eigenvalue weighted by atomic mass is 9.83. The first-order valence-electron chi connectivity index (χ1n) is 7.73. The number of likely N-dealkylation sites (N-methyl/N-ethyl adjacent to an activating group) is 1. The van der Waals surface area contributed by atoms with Gasteiger partial charge in [-0.2, -0.15) is 0 Å². The van der Waals surface area contributed by atoms with Gasteiger partial charge in [-0.1, -0.05) is 60.2 Å². The fourth-order valence-corrected chi connectivity index (χ4v) is 2.84. The van der Waals surface area contributed by atoms with Gasteiger partial charge < -0.3 is 0 Å². The molecule has 0 N–H and O–H groups in total. The van der Waals surface area contributed by atoms with Gasteiger partial charge in [-0.25, -0.2) is 0 Å². The van der Waals surface area contributed by atoms with Crippen molar-refractivity contribution in [2.45, 2.75) is 25.8 Å². The van der Waals surface area contributed by atoms with E-state index < -0.39 is 0 Å². The van der Waals surface area contributed by atoms with Crippen LogP contribution in [0.25, 0.3) is 0 Å². The number of hydrogen-bond donors (Lipinski definition) is 0. The molecule has 0 aliphatic carbocycles. The summed E-state index contributed by atoms with van der Waals surface area (Å²) in [6, 6.07) is 19.3. The highest BCUT2D eigenvalue weighted by molar-refractivity contribution is 6.07. The van der Waals surface area contributed by atoms with Crippen LogP contribution >= 0.6 is 0 Å². The minimum Gasteiger partial charge on any atom is -0.298 e. The predicted octanol–water partition coefficient (Wildman–Crippen LogP) is 3.98. The van der Waals surface area contributed by atoms with Crippen LogP contribution in [0.2, 0.25) is 0 Å². The zero-order valence-corrected chi connectivity index (χ0v) is 14.3. The summed E-state index contributed by atoms with van der Waals surface area (Å²) in [4.78, 5) is 6.92. The lowest BCUT2D eigenvalue weighted by molar-refractivity contribution is 0.250. The molecule has 2 nitrogen and oxygen atoms in total. The quantitative estimate of drug-likeness (QED) is 0.762. The zero-order valence-electron chi connectivity index (χ0n) is 14.3. The molecule has 0 aromatic heterocycles. The summed E-state index contributed by atoms with van der Waals surface area (Å²) in [7, 11) is 6.15. The SMILES string of the molecule is CN=C(c1ccc(C)cc1)C(C)(Cc1ccccc1)N(C)C. The molecule has 0 aliphatic rings. The maximum absolute atomic E-state index is 4.65. The fraction of sp³-hybridized carbons (Fsp3) is 0.350. The summed E-state index contributed by atoms with van der Waals surface area (Å²) >= 11 is 0. The highest BCUT2D eigenvalue weighted by Gasteiger charge is 2.33. The number of aryl methyl sites for hydroxylation is 1. The number of nitrogens with zero attached hydrogens (tertiary/aromatic N) is 2. The van der Waals surface area contributed by atoms with Crippen LogP contribution in [0, 0.1) is 6.92 Å². The molecule has 22 heavy (non-hydrogen) atoms. The van der Waals surface area contributed by atoms with Crippen LogP contribution in [-0.4, -0.2) is 37.3 Å². The molecule has 0 heterocycles. The molecule has 2 aromatic carbocycles. The Morgan fingerprint density at radius 3 is 2.09 bits per heavy atom. The smallest absolute Gasteiger partial charge is 0.0642 e. The van der Waals surface area contributed by atoms with Crippen LogP contribution < -0.4 is 0 Å². The Morgan fingerprint density at radius 2 is 1.59 bits per heavy atom. The number of rotatable bonds is 5. The highest BCUT2D eigenvalue weighted by atomic mass is 15.2. The van der Waals surface area contributed by atoms with E-state index in [-0.39, 0.29) is 5.54 Å². The third-order valence-electron chi connectivity index (χ3n) is 4.44. The van der Waals surface area contributed by atoms with Crippen LogP contribution in [0.4, 0.5) is 0 Å². The van der Waals surface area contributed by atoms with E-state index in [1.54, 1.807) is 0 Å². The highest BCUT2D eigenvalue weighted by Crippen LogP contribution is 2.25. The molecule has 0 aliphatic heterocycles. The molecule has 2 heteroatoms. The minimum atomic E-state index is -0.147. The van der Waals surface area contributed by atoms with Crippen molar-refractivity contribution in [1.82, 2.24) is 4.90 Å². The van der Waals surface area contributed by atoms with E-state index in [1.165, 1.54) is 16.7 Å².